The summed E-state index contributed by atoms with van der Waals surface area (Å²) in [4.78, 5) is 12.1. The summed E-state index contributed by atoms with van der Waals surface area (Å²) in [7, 11) is 0. The predicted molar refractivity (Wildman–Crippen MR) is 92.2 cm³/mol. The molecule has 1 amide bonds. The third kappa shape index (κ3) is 4.98. The Balaban J connectivity index is 1.90. The van der Waals surface area contributed by atoms with E-state index < -0.39 is 6.10 Å². The molecule has 1 atom stereocenters. The van der Waals surface area contributed by atoms with Crippen molar-refractivity contribution in [1.82, 2.24) is 5.32 Å². The van der Waals surface area contributed by atoms with Crippen molar-refractivity contribution in [2.75, 3.05) is 0 Å². The Morgan fingerprint density at radius 2 is 2.04 bits per heavy atom. The highest BCUT2D eigenvalue weighted by Crippen LogP contribution is 2.28. The van der Waals surface area contributed by atoms with Crippen molar-refractivity contribution in [2.45, 2.75) is 19.6 Å². The van der Waals surface area contributed by atoms with Gasteiger partial charge in [-0.2, -0.15) is 5.26 Å². The Morgan fingerprint density at radius 1 is 1.35 bits per heavy atom. The molecule has 0 saturated carbocycles. The summed E-state index contributed by atoms with van der Waals surface area (Å²) >= 11 is 9.22. The first kappa shape index (κ1) is 17.3. The SMILES string of the molecule is CC(Oc1ccc(Cl)cc1Br)C(=O)NCc1ccc(C#N)cc1. The number of nitrogens with one attached hydrogen (secondary N) is 1. The van der Waals surface area contributed by atoms with E-state index >= 15 is 0 Å². The smallest absolute Gasteiger partial charge is 0.261 e. The van der Waals surface area contributed by atoms with Gasteiger partial charge in [-0.05, 0) is 58.7 Å². The van der Waals surface area contributed by atoms with Gasteiger partial charge >= 0.3 is 0 Å². The highest BCUT2D eigenvalue weighted by Gasteiger charge is 2.15. The first-order chi connectivity index (χ1) is 11.0. The average Bonchev–Trinajstić information content (AvgIpc) is 2.55. The summed E-state index contributed by atoms with van der Waals surface area (Å²) in [6.07, 6.45) is -0.647. The van der Waals surface area contributed by atoms with Crippen LogP contribution < -0.4 is 10.1 Å². The minimum Gasteiger partial charge on any atom is -0.480 e. The molecule has 4 nitrogen and oxygen atoms in total. The van der Waals surface area contributed by atoms with Gasteiger partial charge in [-0.25, -0.2) is 0 Å². The molecule has 1 N–H and O–H groups in total. The Bertz CT molecular complexity index is 741. The fourth-order valence-corrected chi connectivity index (χ4v) is 2.62. The largest absolute Gasteiger partial charge is 0.480 e. The monoisotopic (exact) mass is 392 g/mol. The first-order valence-corrected chi connectivity index (χ1v) is 8.05. The van der Waals surface area contributed by atoms with Crippen molar-refractivity contribution in [3.8, 4) is 11.8 Å². The highest BCUT2D eigenvalue weighted by molar-refractivity contribution is 9.10. The summed E-state index contributed by atoms with van der Waals surface area (Å²) < 4.78 is 6.32. The maximum Gasteiger partial charge on any atom is 0.261 e. The number of benzene rings is 2. The molecular formula is C17H14BrClN2O2. The van der Waals surface area contributed by atoms with E-state index in [4.69, 9.17) is 21.6 Å². The number of carbonyl (C=O) groups is 1. The van der Waals surface area contributed by atoms with Crippen molar-refractivity contribution in [3.63, 3.8) is 0 Å². The van der Waals surface area contributed by atoms with Crippen LogP contribution in [0.3, 0.4) is 0 Å². The van der Waals surface area contributed by atoms with Crippen molar-refractivity contribution in [2.24, 2.45) is 0 Å². The van der Waals surface area contributed by atoms with Gasteiger partial charge in [-0.15, -0.1) is 0 Å². The number of ether oxygens (including phenoxy) is 1. The zero-order valence-corrected chi connectivity index (χ0v) is 14.7. The minimum atomic E-state index is -0.647. The van der Waals surface area contributed by atoms with E-state index in [1.807, 2.05) is 0 Å². The van der Waals surface area contributed by atoms with Gasteiger partial charge in [0.25, 0.3) is 5.91 Å². The van der Waals surface area contributed by atoms with Gasteiger partial charge in [0.2, 0.25) is 0 Å². The number of hydrogen-bond donors (Lipinski definition) is 1. The van der Waals surface area contributed by atoms with E-state index in [2.05, 4.69) is 27.3 Å². The molecule has 0 bridgehead atoms. The number of amides is 1. The van der Waals surface area contributed by atoms with Crippen LogP contribution >= 0.6 is 27.5 Å². The molecule has 0 saturated heterocycles. The van der Waals surface area contributed by atoms with Gasteiger partial charge in [0.1, 0.15) is 5.75 Å². The number of nitriles is 1. The molecule has 2 rings (SSSR count). The molecule has 0 aliphatic heterocycles. The second-order valence-electron chi connectivity index (χ2n) is 4.86. The van der Waals surface area contributed by atoms with Gasteiger partial charge in [-0.1, -0.05) is 23.7 Å². The van der Waals surface area contributed by atoms with E-state index in [9.17, 15) is 4.79 Å². The fourth-order valence-electron chi connectivity index (χ4n) is 1.84. The Labute approximate surface area is 148 Å². The van der Waals surface area contributed by atoms with E-state index in [-0.39, 0.29) is 5.91 Å². The van der Waals surface area contributed by atoms with Crippen LogP contribution in [0.5, 0.6) is 5.75 Å². The van der Waals surface area contributed by atoms with Crippen LogP contribution in [0.25, 0.3) is 0 Å². The molecule has 0 aromatic heterocycles. The van der Waals surface area contributed by atoms with Gasteiger partial charge in [0.05, 0.1) is 16.1 Å². The lowest BCUT2D eigenvalue weighted by Gasteiger charge is -2.16. The molecule has 0 spiro atoms. The van der Waals surface area contributed by atoms with Crippen LogP contribution in [0.4, 0.5) is 0 Å². The Kier molecular flexibility index (Phi) is 6.03. The van der Waals surface area contributed by atoms with Crippen molar-refractivity contribution >= 4 is 33.4 Å². The van der Waals surface area contributed by atoms with E-state index in [1.54, 1.807) is 49.4 Å². The molecule has 0 aliphatic carbocycles. The molecule has 0 aliphatic rings. The maximum atomic E-state index is 12.1. The molecule has 0 fully saturated rings. The standard InChI is InChI=1S/C17H14BrClN2O2/c1-11(23-16-7-6-14(19)8-15(16)18)17(22)21-10-13-4-2-12(9-20)3-5-13/h2-8,11H,10H2,1H3,(H,21,22). The average molecular weight is 394 g/mol. The lowest BCUT2D eigenvalue weighted by atomic mass is 10.1. The van der Waals surface area contributed by atoms with Gasteiger partial charge < -0.3 is 10.1 Å². The number of hydrogen-bond acceptors (Lipinski definition) is 3. The number of nitrogens with zero attached hydrogens (tertiary/aromatic N) is 1. The molecule has 1 unspecified atom stereocenters. The summed E-state index contributed by atoms with van der Waals surface area (Å²) in [6, 6.07) is 14.2. The topological polar surface area (TPSA) is 62.1 Å². The zero-order chi connectivity index (χ0) is 16.8. The number of carbonyl (C=O) groups excluding carboxylic acids is 1. The highest BCUT2D eigenvalue weighted by atomic mass is 79.9. The summed E-state index contributed by atoms with van der Waals surface area (Å²) in [5, 5.41) is 12.1. The Morgan fingerprint density at radius 3 is 2.65 bits per heavy atom. The lowest BCUT2D eigenvalue weighted by molar-refractivity contribution is -0.127. The fraction of sp³-hybridized carbons (Fsp3) is 0.176. The van der Waals surface area contributed by atoms with Crippen LogP contribution in [-0.2, 0) is 11.3 Å². The number of rotatable bonds is 5. The van der Waals surface area contributed by atoms with Crippen molar-refractivity contribution in [1.29, 1.82) is 5.26 Å². The molecule has 0 heterocycles. The summed E-state index contributed by atoms with van der Waals surface area (Å²) in [5.41, 5.74) is 1.50. The molecule has 6 heteroatoms. The second-order valence-corrected chi connectivity index (χ2v) is 6.15. The van der Waals surface area contributed by atoms with E-state index in [0.29, 0.717) is 27.4 Å². The summed E-state index contributed by atoms with van der Waals surface area (Å²) in [6.45, 7) is 2.05. The van der Waals surface area contributed by atoms with Gasteiger partial charge in [0.15, 0.2) is 6.10 Å². The van der Waals surface area contributed by atoms with Crippen molar-refractivity contribution in [3.05, 3.63) is 63.1 Å². The Hall–Kier alpha value is -2.03. The quantitative estimate of drug-likeness (QED) is 0.833. The van der Waals surface area contributed by atoms with E-state index in [0.717, 1.165) is 5.56 Å². The molecule has 2 aromatic rings. The van der Waals surface area contributed by atoms with Crippen LogP contribution in [0, 0.1) is 11.3 Å². The molecule has 0 radical (unpaired) electrons. The minimum absolute atomic E-state index is 0.226. The third-order valence-corrected chi connectivity index (χ3v) is 3.97. The van der Waals surface area contributed by atoms with Gasteiger partial charge in [0, 0.05) is 11.6 Å². The normalized spacial score (nSPS) is 11.4. The molecule has 23 heavy (non-hydrogen) atoms. The number of halogens is 2. The zero-order valence-electron chi connectivity index (χ0n) is 12.3. The van der Waals surface area contributed by atoms with Crippen LogP contribution in [-0.4, -0.2) is 12.0 Å². The predicted octanol–water partition coefficient (Wildman–Crippen LogP) is 4.06. The van der Waals surface area contributed by atoms with Crippen LogP contribution in [0.2, 0.25) is 5.02 Å². The van der Waals surface area contributed by atoms with Crippen LogP contribution in [0.1, 0.15) is 18.1 Å². The van der Waals surface area contributed by atoms with Gasteiger partial charge in [-0.3, -0.25) is 4.79 Å². The lowest BCUT2D eigenvalue weighted by Crippen LogP contribution is -2.35. The first-order valence-electron chi connectivity index (χ1n) is 6.88. The molecular weight excluding hydrogens is 380 g/mol. The molecule has 118 valence electrons. The van der Waals surface area contributed by atoms with Crippen molar-refractivity contribution < 1.29 is 9.53 Å². The summed E-state index contributed by atoms with van der Waals surface area (Å²) in [5.74, 6) is 0.326. The molecule has 2 aromatic carbocycles. The van der Waals surface area contributed by atoms with Crippen LogP contribution in [0.15, 0.2) is 46.9 Å². The second kappa shape index (κ2) is 8.00. The third-order valence-electron chi connectivity index (χ3n) is 3.12. The maximum absolute atomic E-state index is 12.1. The van der Waals surface area contributed by atoms with E-state index in [1.165, 1.54) is 0 Å².